The van der Waals surface area contributed by atoms with Crippen molar-refractivity contribution in [1.82, 2.24) is 34.7 Å². The van der Waals surface area contributed by atoms with Crippen LogP contribution in [0.25, 0.3) is 22.5 Å². The van der Waals surface area contributed by atoms with E-state index in [9.17, 15) is 9.59 Å². The third-order valence-electron chi connectivity index (χ3n) is 9.95. The van der Waals surface area contributed by atoms with Crippen LogP contribution in [0.5, 0.6) is 0 Å². The number of pyridine rings is 1. The highest BCUT2D eigenvalue weighted by Crippen LogP contribution is 2.34. The largest absolute Gasteiger partial charge is 0.340 e. The molecule has 0 aliphatic carbocycles. The Balaban J connectivity index is 0.899. The van der Waals surface area contributed by atoms with E-state index < -0.39 is 6.04 Å². The van der Waals surface area contributed by atoms with Gasteiger partial charge >= 0.3 is 0 Å². The molecule has 0 unspecified atom stereocenters. The van der Waals surface area contributed by atoms with Crippen molar-refractivity contribution in [2.75, 3.05) is 13.1 Å². The van der Waals surface area contributed by atoms with Gasteiger partial charge in [0.15, 0.2) is 0 Å². The number of hydrogen-bond donors (Lipinski definition) is 3. The molecule has 2 saturated heterocycles. The van der Waals surface area contributed by atoms with Crippen molar-refractivity contribution >= 4 is 11.8 Å². The summed E-state index contributed by atoms with van der Waals surface area (Å²) in [6.07, 6.45) is 10.5. The molecule has 10 heteroatoms. The second-order valence-corrected chi connectivity index (χ2v) is 13.2. The summed E-state index contributed by atoms with van der Waals surface area (Å²) in [5, 5.41) is 0. The molecule has 4 N–H and O–H groups in total. The summed E-state index contributed by atoms with van der Waals surface area (Å²) in [6.45, 7) is 1.36. The number of aromatic amines is 2. The Bertz CT molecular complexity index is 2230. The summed E-state index contributed by atoms with van der Waals surface area (Å²) in [6, 6.07) is 28.3. The van der Waals surface area contributed by atoms with Crippen LogP contribution in [0.3, 0.4) is 0 Å². The second-order valence-electron chi connectivity index (χ2n) is 13.2. The van der Waals surface area contributed by atoms with Gasteiger partial charge in [0.2, 0.25) is 5.91 Å². The third kappa shape index (κ3) is 6.74. The maximum absolute atomic E-state index is 13.3. The first-order valence-corrected chi connectivity index (χ1v) is 17.7. The van der Waals surface area contributed by atoms with Crippen LogP contribution in [0.1, 0.15) is 82.5 Å². The van der Waals surface area contributed by atoms with Crippen molar-refractivity contribution in [2.24, 2.45) is 5.73 Å². The molecule has 10 nitrogen and oxygen atoms in total. The van der Waals surface area contributed by atoms with Crippen molar-refractivity contribution < 1.29 is 9.59 Å². The van der Waals surface area contributed by atoms with Gasteiger partial charge in [-0.25, -0.2) is 9.97 Å². The highest BCUT2D eigenvalue weighted by atomic mass is 16.2. The van der Waals surface area contributed by atoms with Crippen LogP contribution >= 0.6 is 0 Å². The summed E-state index contributed by atoms with van der Waals surface area (Å²) >= 11 is 0. The number of rotatable bonds is 7. The quantitative estimate of drug-likeness (QED) is 0.162. The molecule has 5 heterocycles. The topological polar surface area (TPSA) is 137 Å². The van der Waals surface area contributed by atoms with Gasteiger partial charge in [-0.1, -0.05) is 66.4 Å². The van der Waals surface area contributed by atoms with Gasteiger partial charge in [0.1, 0.15) is 17.7 Å². The van der Waals surface area contributed by atoms with E-state index in [4.69, 9.17) is 5.73 Å². The number of H-pyrrole nitrogens is 2. The van der Waals surface area contributed by atoms with Crippen LogP contribution in [0, 0.1) is 11.8 Å². The minimum absolute atomic E-state index is 0.0210. The Morgan fingerprint density at radius 3 is 1.81 bits per heavy atom. The summed E-state index contributed by atoms with van der Waals surface area (Å²) in [7, 11) is 0. The van der Waals surface area contributed by atoms with E-state index in [2.05, 4.69) is 36.8 Å². The molecule has 2 aliphatic rings. The average molecular weight is 687 g/mol. The average Bonchev–Trinajstić information content (AvgIpc) is 4.04. The molecular formula is C42H38N8O2. The van der Waals surface area contributed by atoms with E-state index in [0.717, 1.165) is 76.5 Å². The van der Waals surface area contributed by atoms with Gasteiger partial charge < -0.3 is 25.5 Å². The molecule has 0 bridgehead atoms. The number of nitrogens with zero attached hydrogens (tertiary/aromatic N) is 5. The Labute approximate surface area is 302 Å². The van der Waals surface area contributed by atoms with Crippen molar-refractivity contribution in [3.05, 3.63) is 150 Å². The van der Waals surface area contributed by atoms with Crippen LogP contribution in [0.2, 0.25) is 0 Å². The number of likely N-dealkylation sites (tertiary alicyclic amines) is 2. The molecule has 3 aromatic carbocycles. The second kappa shape index (κ2) is 14.5. The Morgan fingerprint density at radius 2 is 1.25 bits per heavy atom. The van der Waals surface area contributed by atoms with Crippen LogP contribution in [0.15, 0.2) is 116 Å². The zero-order valence-electron chi connectivity index (χ0n) is 28.6. The number of carbonyl (C=O) groups is 2. The van der Waals surface area contributed by atoms with Gasteiger partial charge in [-0.15, -0.1) is 0 Å². The van der Waals surface area contributed by atoms with Gasteiger partial charge in [0.25, 0.3) is 5.91 Å². The molecule has 0 saturated carbocycles. The van der Waals surface area contributed by atoms with Crippen molar-refractivity contribution in [1.29, 1.82) is 0 Å². The molecule has 0 spiro atoms. The number of benzene rings is 3. The molecule has 3 aromatic heterocycles. The molecule has 258 valence electrons. The summed E-state index contributed by atoms with van der Waals surface area (Å²) < 4.78 is 0. The van der Waals surface area contributed by atoms with Crippen molar-refractivity contribution in [3.8, 4) is 34.4 Å². The SMILES string of the molecule is N[C@@H](C(=O)N1CCC[C@H]1c1ncc(-c2ccc(C#Cc3ccc(-c4cnc([C@@H]5CCCN5C(=O)c5cccnc5)[nH]4)cc3)cc2)[nH]1)c1ccccc1. The van der Waals surface area contributed by atoms with Gasteiger partial charge in [-0.05, 0) is 78.8 Å². The van der Waals surface area contributed by atoms with E-state index in [1.165, 1.54) is 0 Å². The zero-order chi connectivity index (χ0) is 35.4. The maximum atomic E-state index is 13.3. The highest BCUT2D eigenvalue weighted by molar-refractivity contribution is 5.94. The zero-order valence-corrected chi connectivity index (χ0v) is 28.6. The fourth-order valence-corrected chi connectivity index (χ4v) is 7.16. The minimum Gasteiger partial charge on any atom is -0.340 e. The Morgan fingerprint density at radius 1 is 0.692 bits per heavy atom. The van der Waals surface area contributed by atoms with Gasteiger partial charge in [-0.2, -0.15) is 0 Å². The number of hydrogen-bond acceptors (Lipinski definition) is 6. The Kier molecular flexibility index (Phi) is 9.17. The fraction of sp³-hybridized carbons (Fsp3) is 0.214. The van der Waals surface area contributed by atoms with E-state index in [0.29, 0.717) is 18.7 Å². The number of aromatic nitrogens is 5. The first kappa shape index (κ1) is 32.9. The lowest BCUT2D eigenvalue weighted by molar-refractivity contribution is -0.133. The number of nitrogens with one attached hydrogen (secondary N) is 2. The molecule has 2 amide bonds. The van der Waals surface area contributed by atoms with E-state index in [1.54, 1.807) is 24.5 Å². The molecule has 0 radical (unpaired) electrons. The monoisotopic (exact) mass is 686 g/mol. The van der Waals surface area contributed by atoms with Crippen LogP contribution in [-0.2, 0) is 4.79 Å². The van der Waals surface area contributed by atoms with E-state index >= 15 is 0 Å². The third-order valence-corrected chi connectivity index (χ3v) is 9.95. The molecule has 52 heavy (non-hydrogen) atoms. The van der Waals surface area contributed by atoms with Gasteiger partial charge in [0, 0.05) is 36.6 Å². The standard InChI is InChI=1S/C42H38N8O2/c43-38(32-7-2-1-3-8-32)42(52)50-24-6-11-37(50)40-46-27-35(48-40)31-20-16-29(17-21-31)13-12-28-14-18-30(19-15-28)34-26-45-39(47-34)36-10-5-23-49(36)41(51)33-9-4-22-44-25-33/h1-4,7-9,14-22,25-27,36-38H,5-6,10-11,23-24,43H2,(H,45,47)(H,46,48)/t36-,37-,38+/m0/s1. The molecule has 2 fully saturated rings. The highest BCUT2D eigenvalue weighted by Gasteiger charge is 2.35. The lowest BCUT2D eigenvalue weighted by Crippen LogP contribution is -2.38. The molecular weight excluding hydrogens is 649 g/mol. The molecule has 8 rings (SSSR count). The van der Waals surface area contributed by atoms with Crippen LogP contribution in [0.4, 0.5) is 0 Å². The summed E-state index contributed by atoms with van der Waals surface area (Å²) in [5.41, 5.74) is 13.3. The van der Waals surface area contributed by atoms with Crippen molar-refractivity contribution in [3.63, 3.8) is 0 Å². The lowest BCUT2D eigenvalue weighted by Gasteiger charge is -2.26. The normalized spacial score (nSPS) is 17.5. The number of nitrogens with two attached hydrogens (primary N) is 1. The molecule has 6 aromatic rings. The first-order chi connectivity index (χ1) is 25.5. The first-order valence-electron chi connectivity index (χ1n) is 17.7. The van der Waals surface area contributed by atoms with E-state index in [-0.39, 0.29) is 23.9 Å². The fourth-order valence-electron chi connectivity index (χ4n) is 7.16. The minimum atomic E-state index is -0.696. The maximum Gasteiger partial charge on any atom is 0.256 e. The number of carbonyl (C=O) groups excluding carboxylic acids is 2. The van der Waals surface area contributed by atoms with Crippen LogP contribution in [-0.4, -0.2) is 59.6 Å². The molecule has 2 aliphatic heterocycles. The van der Waals surface area contributed by atoms with E-state index in [1.807, 2.05) is 101 Å². The Hall–Kier alpha value is -6.31. The predicted molar refractivity (Wildman–Crippen MR) is 198 cm³/mol. The lowest BCUT2D eigenvalue weighted by atomic mass is 10.1. The van der Waals surface area contributed by atoms with Gasteiger partial charge in [0.05, 0.1) is 41.4 Å². The van der Waals surface area contributed by atoms with Crippen molar-refractivity contribution in [2.45, 2.75) is 43.8 Å². The summed E-state index contributed by atoms with van der Waals surface area (Å²) in [5.74, 6) is 8.00. The predicted octanol–water partition coefficient (Wildman–Crippen LogP) is 6.60. The smallest absolute Gasteiger partial charge is 0.256 e. The van der Waals surface area contributed by atoms with Gasteiger partial charge in [-0.3, -0.25) is 14.6 Å². The van der Waals surface area contributed by atoms with Crippen LogP contribution < -0.4 is 5.73 Å². The molecule has 3 atom stereocenters. The number of imidazole rings is 2. The number of amides is 2. The summed E-state index contributed by atoms with van der Waals surface area (Å²) in [4.78, 5) is 50.5.